The Balaban J connectivity index is 0. The number of para-hydroxylation sites is 2. The molecular weight excluding hydrogens is 622 g/mol. The molecule has 0 bridgehead atoms. The van der Waals surface area contributed by atoms with Gasteiger partial charge in [-0.3, -0.25) is 4.79 Å². The molecule has 8 heteroatoms. The normalized spacial score (nSPS) is 10.6. The van der Waals surface area contributed by atoms with Gasteiger partial charge in [0.1, 0.15) is 35.9 Å². The summed E-state index contributed by atoms with van der Waals surface area (Å²) in [6.07, 6.45) is 4.28. The predicted octanol–water partition coefficient (Wildman–Crippen LogP) is 6.53. The quantitative estimate of drug-likeness (QED) is 0.103. The van der Waals surface area contributed by atoms with Gasteiger partial charge in [-0.15, -0.1) is 0 Å². The summed E-state index contributed by atoms with van der Waals surface area (Å²) in [4.78, 5) is 23.3. The zero-order valence-corrected chi connectivity index (χ0v) is 31.4. The van der Waals surface area contributed by atoms with Crippen molar-refractivity contribution < 1.29 is 59.5 Å². The summed E-state index contributed by atoms with van der Waals surface area (Å²) in [6, 6.07) is 35.5. The minimum absolute atomic E-state index is 0. The Morgan fingerprint density at radius 2 is 1.02 bits per heavy atom. The number of aryl methyl sites for hydroxylation is 1. The van der Waals surface area contributed by atoms with Crippen LogP contribution in [0.25, 0.3) is 6.08 Å². The van der Waals surface area contributed by atoms with Gasteiger partial charge in [0.2, 0.25) is 0 Å². The van der Waals surface area contributed by atoms with Crippen molar-refractivity contribution in [3.63, 3.8) is 0 Å². The summed E-state index contributed by atoms with van der Waals surface area (Å²) in [5.41, 5.74) is 3.35. The van der Waals surface area contributed by atoms with Gasteiger partial charge < -0.3 is 20.4 Å². The Kier molecular flexibility index (Phi) is 21.0. The maximum absolute atomic E-state index is 11.7. The molecule has 0 aliphatic carbocycles. The van der Waals surface area contributed by atoms with Crippen LogP contribution in [0.4, 0.5) is 0 Å². The molecule has 4 aromatic carbocycles. The number of benzene rings is 4. The predicted molar refractivity (Wildman–Crippen MR) is 197 cm³/mol. The molecule has 3 radical (unpaired) electrons. The van der Waals surface area contributed by atoms with Crippen molar-refractivity contribution in [2.24, 2.45) is 0 Å². The van der Waals surface area contributed by atoms with Crippen LogP contribution < -0.4 is 39.0 Å². The molecule has 0 heterocycles. The molecule has 0 unspecified atom stereocenters. The van der Waals surface area contributed by atoms with Crippen molar-refractivity contribution in [1.82, 2.24) is 0 Å². The van der Waals surface area contributed by atoms with Crippen LogP contribution in [0.5, 0.6) is 11.5 Å². The van der Waals surface area contributed by atoms with E-state index in [0.29, 0.717) is 26.1 Å². The molecule has 0 saturated carbocycles. The first kappa shape index (κ1) is 45.2. The monoisotopic (exact) mass is 673 g/mol. The van der Waals surface area contributed by atoms with E-state index in [1.54, 1.807) is 6.08 Å². The zero-order chi connectivity index (χ0) is 33.4. The molecule has 0 aliphatic rings. The Morgan fingerprint density at radius 3 is 1.45 bits per heavy atom. The SMILES string of the molecule is C.CC(C)(C)OC(=O)/C=C/c1ccc(COc2ccccc2)cc1.CC(C)(C)OC(=O)CCc1ccc(COc2ccccc2)cc1.[B].[H-].[Na+]. The van der Waals surface area contributed by atoms with E-state index in [0.717, 1.165) is 33.8 Å². The molecule has 49 heavy (non-hydrogen) atoms. The van der Waals surface area contributed by atoms with Gasteiger partial charge in [0, 0.05) is 20.9 Å². The number of rotatable bonds is 11. The van der Waals surface area contributed by atoms with Gasteiger partial charge in [0.15, 0.2) is 0 Å². The van der Waals surface area contributed by atoms with Crippen molar-refractivity contribution in [2.75, 3.05) is 0 Å². The maximum atomic E-state index is 11.7. The van der Waals surface area contributed by atoms with Crippen LogP contribution >= 0.6 is 0 Å². The molecule has 0 aliphatic heterocycles. The molecule has 0 amide bonds. The van der Waals surface area contributed by atoms with E-state index < -0.39 is 11.2 Å². The van der Waals surface area contributed by atoms with E-state index in [4.69, 9.17) is 18.9 Å². The van der Waals surface area contributed by atoms with Crippen LogP contribution in [0.2, 0.25) is 0 Å². The zero-order valence-electron chi connectivity index (χ0n) is 30.4. The van der Waals surface area contributed by atoms with Crippen molar-refractivity contribution >= 4 is 26.4 Å². The molecule has 4 rings (SSSR count). The van der Waals surface area contributed by atoms with Crippen molar-refractivity contribution in [3.05, 3.63) is 138 Å². The Bertz CT molecular complexity index is 1520. The number of carbonyl (C=O) groups is 2. The Hall–Kier alpha value is -3.78. The Labute approximate surface area is 319 Å². The standard InChI is InChI=1S/C20H24O3.C20H22O3.CH4.B.Na.H/c2*1-20(2,3)23-19(21)14-13-16-9-11-17(12-10-16)15-22-18-7-5-4-6-8-18;;;;/h4-12H,13-15H2,1-3H3;4-14H,15H2,1-3H3;1H4;;;/q;;;;+1;-1/b;14-13+;;;;. The number of esters is 2. The molecule has 0 fully saturated rings. The first-order chi connectivity index (χ1) is 21.8. The molecular formula is C41H51BNaO6. The third-order valence-corrected chi connectivity index (χ3v) is 6.16. The summed E-state index contributed by atoms with van der Waals surface area (Å²) in [7, 11) is 0. The summed E-state index contributed by atoms with van der Waals surface area (Å²) in [5.74, 6) is 1.21. The fourth-order valence-electron chi connectivity index (χ4n) is 4.03. The third kappa shape index (κ3) is 20.4. The number of hydrogen-bond acceptors (Lipinski definition) is 6. The molecule has 0 aromatic heterocycles. The molecule has 6 nitrogen and oxygen atoms in total. The minimum atomic E-state index is -0.472. The number of carbonyl (C=O) groups excluding carboxylic acids is 2. The largest absolute Gasteiger partial charge is 1.00 e. The van der Waals surface area contributed by atoms with Gasteiger partial charge in [-0.25, -0.2) is 4.79 Å². The minimum Gasteiger partial charge on any atom is -1.00 e. The first-order valence-electron chi connectivity index (χ1n) is 15.5. The average molecular weight is 674 g/mol. The maximum Gasteiger partial charge on any atom is 1.00 e. The van der Waals surface area contributed by atoms with Crippen LogP contribution in [0, 0.1) is 0 Å². The molecule has 0 N–H and O–H groups in total. The number of hydrogen-bond donors (Lipinski definition) is 0. The first-order valence-corrected chi connectivity index (χ1v) is 15.5. The van der Waals surface area contributed by atoms with E-state index in [2.05, 4.69) is 0 Å². The van der Waals surface area contributed by atoms with E-state index >= 15 is 0 Å². The smallest absolute Gasteiger partial charge is 1.00 e. The number of ether oxygens (including phenoxy) is 4. The second-order valence-corrected chi connectivity index (χ2v) is 12.7. The molecule has 0 saturated heterocycles. The second-order valence-electron chi connectivity index (χ2n) is 12.7. The molecule has 0 spiro atoms. The van der Waals surface area contributed by atoms with E-state index in [-0.39, 0.29) is 58.8 Å². The molecule has 4 aromatic rings. The second kappa shape index (κ2) is 22.8. The molecule has 0 atom stereocenters. The molecule has 255 valence electrons. The van der Waals surface area contributed by atoms with E-state index in [1.807, 2.05) is 151 Å². The van der Waals surface area contributed by atoms with Crippen LogP contribution in [-0.4, -0.2) is 31.6 Å². The van der Waals surface area contributed by atoms with Gasteiger partial charge >= 0.3 is 41.5 Å². The third-order valence-electron chi connectivity index (χ3n) is 6.16. The van der Waals surface area contributed by atoms with Crippen LogP contribution in [0.1, 0.15) is 79.1 Å². The van der Waals surface area contributed by atoms with Gasteiger partial charge in [-0.1, -0.05) is 92.4 Å². The van der Waals surface area contributed by atoms with Crippen molar-refractivity contribution in [3.8, 4) is 11.5 Å². The summed E-state index contributed by atoms with van der Waals surface area (Å²) in [5, 5.41) is 0. The van der Waals surface area contributed by atoms with Gasteiger partial charge in [0.05, 0.1) is 0 Å². The van der Waals surface area contributed by atoms with Gasteiger partial charge in [-0.05, 0) is 101 Å². The van der Waals surface area contributed by atoms with Crippen molar-refractivity contribution in [2.45, 2.75) is 86.2 Å². The van der Waals surface area contributed by atoms with E-state index in [1.165, 1.54) is 6.08 Å². The summed E-state index contributed by atoms with van der Waals surface area (Å²) < 4.78 is 21.9. The van der Waals surface area contributed by atoms with E-state index in [9.17, 15) is 9.59 Å². The van der Waals surface area contributed by atoms with Crippen LogP contribution in [0.3, 0.4) is 0 Å². The fraction of sp³-hybridized carbons (Fsp3) is 0.317. The van der Waals surface area contributed by atoms with Gasteiger partial charge in [-0.2, -0.15) is 0 Å². The van der Waals surface area contributed by atoms with Crippen molar-refractivity contribution in [1.29, 1.82) is 0 Å². The van der Waals surface area contributed by atoms with Crippen LogP contribution in [0.15, 0.2) is 115 Å². The van der Waals surface area contributed by atoms with Crippen LogP contribution in [-0.2, 0) is 38.7 Å². The fourth-order valence-corrected chi connectivity index (χ4v) is 4.03. The van der Waals surface area contributed by atoms with Gasteiger partial charge in [0.25, 0.3) is 0 Å². The summed E-state index contributed by atoms with van der Waals surface area (Å²) >= 11 is 0. The topological polar surface area (TPSA) is 71.1 Å². The summed E-state index contributed by atoms with van der Waals surface area (Å²) in [6.45, 7) is 12.2. The Morgan fingerprint density at radius 1 is 0.612 bits per heavy atom. The average Bonchev–Trinajstić information content (AvgIpc) is 3.01.